The van der Waals surface area contributed by atoms with Gasteiger partial charge < -0.3 is 16.4 Å². The van der Waals surface area contributed by atoms with Crippen LogP contribution in [-0.2, 0) is 6.42 Å². The van der Waals surface area contributed by atoms with Crippen molar-refractivity contribution >= 4 is 28.7 Å². The van der Waals surface area contributed by atoms with Gasteiger partial charge in [-0.05, 0) is 30.2 Å². The molecule has 0 saturated carbocycles. The highest BCUT2D eigenvalue weighted by Gasteiger charge is 2.17. The van der Waals surface area contributed by atoms with Gasteiger partial charge in [-0.1, -0.05) is 11.6 Å². The summed E-state index contributed by atoms with van der Waals surface area (Å²) in [4.78, 5) is 5.69. The van der Waals surface area contributed by atoms with E-state index in [-0.39, 0.29) is 22.1 Å². The quantitative estimate of drug-likeness (QED) is 0.851. The van der Waals surface area contributed by atoms with Crippen LogP contribution in [-0.4, -0.2) is 18.6 Å². The van der Waals surface area contributed by atoms with Gasteiger partial charge in [-0.25, -0.2) is 4.39 Å². The third-order valence-electron chi connectivity index (χ3n) is 3.11. The fraction of sp³-hybridized carbons (Fsp3) is 0.214. The number of halogens is 2. The van der Waals surface area contributed by atoms with Gasteiger partial charge in [0.1, 0.15) is 5.02 Å². The normalized spacial score (nSPS) is 10.6. The maximum Gasteiger partial charge on any atom is 0.169 e. The van der Waals surface area contributed by atoms with Crippen LogP contribution < -0.4 is 16.4 Å². The van der Waals surface area contributed by atoms with E-state index in [0.29, 0.717) is 6.54 Å². The molecule has 0 aliphatic rings. The molecule has 1 heterocycles. The van der Waals surface area contributed by atoms with Crippen LogP contribution in [0.2, 0.25) is 5.02 Å². The molecule has 6 heteroatoms. The molecule has 0 saturated heterocycles. The van der Waals surface area contributed by atoms with Crippen LogP contribution in [0.3, 0.4) is 0 Å². The molecule has 4 nitrogen and oxygen atoms in total. The van der Waals surface area contributed by atoms with Crippen molar-refractivity contribution in [3.63, 3.8) is 0 Å². The number of likely N-dealkylation sites (N-methyl/N-ethyl adjacent to an activating group) is 1. The molecule has 4 N–H and O–H groups in total. The number of anilines is 3. The van der Waals surface area contributed by atoms with Gasteiger partial charge in [0, 0.05) is 26.0 Å². The van der Waals surface area contributed by atoms with Gasteiger partial charge in [0.15, 0.2) is 5.82 Å². The number of nitrogens with two attached hydrogens (primary N) is 2. The summed E-state index contributed by atoms with van der Waals surface area (Å²) in [5.41, 5.74) is 13.2. The molecule has 2 aromatic rings. The Hall–Kier alpha value is -2.01. The number of benzene rings is 1. The highest BCUT2D eigenvalue weighted by atomic mass is 35.5. The van der Waals surface area contributed by atoms with E-state index in [1.165, 1.54) is 6.07 Å². The van der Waals surface area contributed by atoms with Crippen LogP contribution >= 0.6 is 11.6 Å². The SMILES string of the molecule is CN(CCc1ccncc1)c1c(N)cc(N)c(Cl)c1F. The zero-order valence-electron chi connectivity index (χ0n) is 11.1. The molecular formula is C14H16ClFN4. The van der Waals surface area contributed by atoms with Crippen molar-refractivity contribution in [2.75, 3.05) is 30.0 Å². The molecule has 20 heavy (non-hydrogen) atoms. The maximum absolute atomic E-state index is 14.2. The monoisotopic (exact) mass is 294 g/mol. The van der Waals surface area contributed by atoms with Crippen LogP contribution in [0.5, 0.6) is 0 Å². The largest absolute Gasteiger partial charge is 0.397 e. The van der Waals surface area contributed by atoms with Crippen molar-refractivity contribution in [3.8, 4) is 0 Å². The number of hydrogen-bond acceptors (Lipinski definition) is 4. The molecule has 1 aromatic carbocycles. The lowest BCUT2D eigenvalue weighted by molar-refractivity contribution is 0.624. The minimum absolute atomic E-state index is 0.0926. The van der Waals surface area contributed by atoms with E-state index in [1.807, 2.05) is 12.1 Å². The van der Waals surface area contributed by atoms with Crippen LogP contribution in [0.1, 0.15) is 5.56 Å². The lowest BCUT2D eigenvalue weighted by atomic mass is 10.1. The highest BCUT2D eigenvalue weighted by molar-refractivity contribution is 6.33. The average Bonchev–Trinajstić information content (AvgIpc) is 2.44. The minimum Gasteiger partial charge on any atom is -0.397 e. The van der Waals surface area contributed by atoms with Crippen LogP contribution in [0.4, 0.5) is 21.5 Å². The van der Waals surface area contributed by atoms with Crippen LogP contribution in [0.15, 0.2) is 30.6 Å². The molecule has 0 atom stereocenters. The Bertz CT molecular complexity index is 604. The van der Waals surface area contributed by atoms with Gasteiger partial charge in [0.2, 0.25) is 0 Å². The highest BCUT2D eigenvalue weighted by Crippen LogP contribution is 2.35. The maximum atomic E-state index is 14.2. The number of hydrogen-bond donors (Lipinski definition) is 2. The second-order valence-corrected chi connectivity index (χ2v) is 4.94. The summed E-state index contributed by atoms with van der Waals surface area (Å²) in [6, 6.07) is 5.32. The Morgan fingerprint density at radius 1 is 1.25 bits per heavy atom. The minimum atomic E-state index is -0.582. The number of nitrogen functional groups attached to an aromatic ring is 2. The van der Waals surface area contributed by atoms with Crippen molar-refractivity contribution in [3.05, 3.63) is 47.0 Å². The number of pyridine rings is 1. The summed E-state index contributed by atoms with van der Waals surface area (Å²) in [7, 11) is 1.77. The lowest BCUT2D eigenvalue weighted by Gasteiger charge is -2.22. The second-order valence-electron chi connectivity index (χ2n) is 4.56. The van der Waals surface area contributed by atoms with Gasteiger partial charge in [-0.3, -0.25) is 4.98 Å². The third-order valence-corrected chi connectivity index (χ3v) is 3.49. The summed E-state index contributed by atoms with van der Waals surface area (Å²) in [6.45, 7) is 0.603. The predicted octanol–water partition coefficient (Wildman–Crippen LogP) is 2.72. The summed E-state index contributed by atoms with van der Waals surface area (Å²) < 4.78 is 14.2. The Labute approximate surface area is 122 Å². The van der Waals surface area contributed by atoms with E-state index in [9.17, 15) is 4.39 Å². The molecule has 0 unspecified atom stereocenters. The van der Waals surface area contributed by atoms with E-state index in [1.54, 1.807) is 24.3 Å². The van der Waals surface area contributed by atoms with Crippen molar-refractivity contribution in [1.29, 1.82) is 0 Å². The molecule has 0 amide bonds. The fourth-order valence-electron chi connectivity index (χ4n) is 2.00. The first-order valence-electron chi connectivity index (χ1n) is 6.13. The second kappa shape index (κ2) is 5.96. The smallest absolute Gasteiger partial charge is 0.169 e. The molecule has 2 rings (SSSR count). The van der Waals surface area contributed by atoms with Gasteiger partial charge in [0.25, 0.3) is 0 Å². The number of aromatic nitrogens is 1. The first-order valence-corrected chi connectivity index (χ1v) is 6.51. The first-order chi connectivity index (χ1) is 9.50. The van der Waals surface area contributed by atoms with Gasteiger partial charge in [0.05, 0.1) is 17.1 Å². The molecule has 0 radical (unpaired) electrons. The van der Waals surface area contributed by atoms with E-state index < -0.39 is 5.82 Å². The molecule has 1 aromatic heterocycles. The molecule has 0 fully saturated rings. The Balaban J connectivity index is 2.17. The van der Waals surface area contributed by atoms with Gasteiger partial charge in [-0.15, -0.1) is 0 Å². The van der Waals surface area contributed by atoms with Crippen LogP contribution in [0.25, 0.3) is 0 Å². The summed E-state index contributed by atoms with van der Waals surface area (Å²) in [5.74, 6) is -0.582. The van der Waals surface area contributed by atoms with Crippen LogP contribution in [0, 0.1) is 5.82 Å². The number of rotatable bonds is 4. The van der Waals surface area contributed by atoms with E-state index in [2.05, 4.69) is 4.98 Å². The summed E-state index contributed by atoms with van der Waals surface area (Å²) >= 11 is 5.83. The van der Waals surface area contributed by atoms with Crippen molar-refractivity contribution in [1.82, 2.24) is 4.98 Å². The molecular weight excluding hydrogens is 279 g/mol. The van der Waals surface area contributed by atoms with Crippen molar-refractivity contribution < 1.29 is 4.39 Å². The fourth-order valence-corrected chi connectivity index (χ4v) is 2.15. The predicted molar refractivity (Wildman–Crippen MR) is 81.4 cm³/mol. The molecule has 0 aliphatic heterocycles. The molecule has 0 bridgehead atoms. The van der Waals surface area contributed by atoms with Crippen molar-refractivity contribution in [2.24, 2.45) is 0 Å². The molecule has 106 valence electrons. The zero-order valence-corrected chi connectivity index (χ0v) is 11.9. The Morgan fingerprint density at radius 3 is 2.55 bits per heavy atom. The summed E-state index contributed by atoms with van der Waals surface area (Å²) in [6.07, 6.45) is 4.20. The topological polar surface area (TPSA) is 68.2 Å². The van der Waals surface area contributed by atoms with E-state index in [0.717, 1.165) is 12.0 Å². The van der Waals surface area contributed by atoms with E-state index in [4.69, 9.17) is 23.1 Å². The van der Waals surface area contributed by atoms with E-state index >= 15 is 0 Å². The van der Waals surface area contributed by atoms with Gasteiger partial charge >= 0.3 is 0 Å². The third kappa shape index (κ3) is 2.93. The standard InChI is InChI=1S/C14H16ClFN4/c1-20(7-4-9-2-5-19-6-3-9)14-11(18)8-10(17)12(15)13(14)16/h2-3,5-6,8H,4,7,17-18H2,1H3. The molecule has 0 aliphatic carbocycles. The first kappa shape index (κ1) is 14.4. The van der Waals surface area contributed by atoms with Gasteiger partial charge in [-0.2, -0.15) is 0 Å². The lowest BCUT2D eigenvalue weighted by Crippen LogP contribution is -2.23. The number of nitrogens with zero attached hydrogens (tertiary/aromatic N) is 2. The average molecular weight is 295 g/mol. The van der Waals surface area contributed by atoms with Crippen molar-refractivity contribution in [2.45, 2.75) is 6.42 Å². The Kier molecular flexibility index (Phi) is 4.29. The Morgan fingerprint density at radius 2 is 1.90 bits per heavy atom. The summed E-state index contributed by atoms with van der Waals surface area (Å²) in [5, 5.41) is -0.0926. The molecule has 0 spiro atoms. The zero-order chi connectivity index (χ0) is 14.7.